The molecule has 0 spiro atoms. The monoisotopic (exact) mass is 314 g/mol. The van der Waals surface area contributed by atoms with Crippen molar-refractivity contribution < 1.29 is 19.4 Å². The van der Waals surface area contributed by atoms with Crippen molar-refractivity contribution in [2.75, 3.05) is 7.11 Å². The predicted octanol–water partition coefficient (Wildman–Crippen LogP) is 3.14. The molecule has 18 heavy (non-hydrogen) atoms. The minimum absolute atomic E-state index is 0.199. The molecule has 0 aliphatic carbocycles. The van der Waals surface area contributed by atoms with E-state index in [0.29, 0.717) is 15.8 Å². The van der Waals surface area contributed by atoms with E-state index in [1.54, 1.807) is 32.0 Å². The Morgan fingerprint density at radius 1 is 1.39 bits per heavy atom. The lowest BCUT2D eigenvalue weighted by Crippen LogP contribution is -2.27. The molecule has 0 saturated heterocycles. The summed E-state index contributed by atoms with van der Waals surface area (Å²) in [6.45, 7) is 3.25. The maximum atomic E-state index is 12.2. The number of methoxy groups -OCH3 is 1. The van der Waals surface area contributed by atoms with Crippen LogP contribution in [0.1, 0.15) is 30.6 Å². The molecule has 0 atom stereocenters. The minimum atomic E-state index is -0.985. The van der Waals surface area contributed by atoms with Gasteiger partial charge in [0.25, 0.3) is 0 Å². The average Bonchev–Trinajstić information content (AvgIpc) is 2.26. The smallest absolute Gasteiger partial charge is 0.304 e. The molecule has 0 amide bonds. The summed E-state index contributed by atoms with van der Waals surface area (Å²) in [6.07, 6.45) is -0.199. The third-order valence-corrected chi connectivity index (χ3v) is 3.24. The fourth-order valence-corrected chi connectivity index (χ4v) is 2.20. The van der Waals surface area contributed by atoms with Gasteiger partial charge in [0, 0.05) is 11.0 Å². The summed E-state index contributed by atoms with van der Waals surface area (Å²) < 4.78 is 5.75. The molecule has 0 unspecified atom stereocenters. The SMILES string of the molecule is COc1ccc(C(=O)C(C)(C)CC(=O)O)cc1Br. The van der Waals surface area contributed by atoms with Crippen LogP contribution < -0.4 is 4.74 Å². The maximum Gasteiger partial charge on any atom is 0.304 e. The number of aliphatic carboxylic acids is 1. The zero-order valence-electron chi connectivity index (χ0n) is 10.5. The van der Waals surface area contributed by atoms with Crippen LogP contribution in [0.4, 0.5) is 0 Å². The number of carboxylic acids is 1. The van der Waals surface area contributed by atoms with Crippen molar-refractivity contribution in [3.05, 3.63) is 28.2 Å². The molecule has 1 N–H and O–H groups in total. The summed E-state index contributed by atoms with van der Waals surface area (Å²) in [6, 6.07) is 4.95. The molecule has 0 radical (unpaired) electrons. The number of ether oxygens (including phenoxy) is 1. The quantitative estimate of drug-likeness (QED) is 0.848. The van der Waals surface area contributed by atoms with Gasteiger partial charge in [-0.05, 0) is 34.1 Å². The highest BCUT2D eigenvalue weighted by atomic mass is 79.9. The molecule has 1 aromatic rings. The normalized spacial score (nSPS) is 11.1. The third-order valence-electron chi connectivity index (χ3n) is 2.62. The van der Waals surface area contributed by atoms with E-state index in [1.165, 1.54) is 7.11 Å². The number of Topliss-reactive ketones (excluding diaryl/α,β-unsaturated/α-hetero) is 1. The summed E-state index contributed by atoms with van der Waals surface area (Å²) in [5.41, 5.74) is -0.464. The molecule has 0 saturated carbocycles. The fourth-order valence-electron chi connectivity index (χ4n) is 1.66. The topological polar surface area (TPSA) is 63.6 Å². The molecule has 0 heterocycles. The fraction of sp³-hybridized carbons (Fsp3) is 0.385. The summed E-state index contributed by atoms with van der Waals surface area (Å²) in [7, 11) is 1.54. The molecule has 0 aromatic heterocycles. The molecule has 1 rings (SSSR count). The standard InChI is InChI=1S/C13H15BrO4/c1-13(2,7-11(15)16)12(17)8-4-5-10(18-3)9(14)6-8/h4-6H,7H2,1-3H3,(H,15,16). The number of carbonyl (C=O) groups excluding carboxylic acids is 1. The van der Waals surface area contributed by atoms with Crippen LogP contribution in [0.2, 0.25) is 0 Å². The lowest BCUT2D eigenvalue weighted by molar-refractivity contribution is -0.138. The first kappa shape index (κ1) is 14.7. The number of rotatable bonds is 5. The highest BCUT2D eigenvalue weighted by molar-refractivity contribution is 9.10. The van der Waals surface area contributed by atoms with Gasteiger partial charge in [0.2, 0.25) is 0 Å². The van der Waals surface area contributed by atoms with Crippen LogP contribution in [0.5, 0.6) is 5.75 Å². The van der Waals surface area contributed by atoms with Crippen molar-refractivity contribution in [3.8, 4) is 5.75 Å². The van der Waals surface area contributed by atoms with E-state index in [0.717, 1.165) is 0 Å². The van der Waals surface area contributed by atoms with Gasteiger partial charge in [-0.1, -0.05) is 13.8 Å². The van der Waals surface area contributed by atoms with Crippen molar-refractivity contribution >= 4 is 27.7 Å². The molecule has 98 valence electrons. The zero-order valence-corrected chi connectivity index (χ0v) is 12.1. The van der Waals surface area contributed by atoms with Crippen LogP contribution >= 0.6 is 15.9 Å². The Hall–Kier alpha value is -1.36. The maximum absolute atomic E-state index is 12.2. The first-order valence-electron chi connectivity index (χ1n) is 5.38. The number of hydrogen-bond donors (Lipinski definition) is 1. The van der Waals surface area contributed by atoms with Crippen LogP contribution in [0.3, 0.4) is 0 Å². The lowest BCUT2D eigenvalue weighted by atomic mass is 9.81. The second-order valence-electron chi connectivity index (χ2n) is 4.63. The molecule has 0 bridgehead atoms. The van der Waals surface area contributed by atoms with Gasteiger partial charge in [-0.3, -0.25) is 9.59 Å². The van der Waals surface area contributed by atoms with Crippen LogP contribution in [0, 0.1) is 5.41 Å². The number of carboxylic acid groups (broad SMARTS) is 1. The first-order valence-corrected chi connectivity index (χ1v) is 6.17. The largest absolute Gasteiger partial charge is 0.496 e. The first-order chi connectivity index (χ1) is 8.27. The Balaban J connectivity index is 3.04. The number of halogens is 1. The van der Waals surface area contributed by atoms with Gasteiger partial charge in [0.15, 0.2) is 5.78 Å². The molecular weight excluding hydrogens is 300 g/mol. The van der Waals surface area contributed by atoms with E-state index in [2.05, 4.69) is 15.9 Å². The predicted molar refractivity (Wildman–Crippen MR) is 71.1 cm³/mol. The number of ketones is 1. The van der Waals surface area contributed by atoms with E-state index >= 15 is 0 Å². The summed E-state index contributed by atoms with van der Waals surface area (Å²) in [5.74, 6) is -0.559. The van der Waals surface area contributed by atoms with E-state index in [4.69, 9.17) is 9.84 Å². The second kappa shape index (κ2) is 5.52. The summed E-state index contributed by atoms with van der Waals surface area (Å²) in [5, 5.41) is 8.80. The van der Waals surface area contributed by atoms with E-state index in [1.807, 2.05) is 0 Å². The van der Waals surface area contributed by atoms with Crippen molar-refractivity contribution in [1.29, 1.82) is 0 Å². The van der Waals surface area contributed by atoms with Crippen LogP contribution in [-0.2, 0) is 4.79 Å². The molecule has 1 aromatic carbocycles. The highest BCUT2D eigenvalue weighted by Crippen LogP contribution is 2.30. The molecule has 0 fully saturated rings. The zero-order chi connectivity index (χ0) is 13.9. The Morgan fingerprint density at radius 3 is 2.44 bits per heavy atom. The van der Waals surface area contributed by atoms with Crippen molar-refractivity contribution in [1.82, 2.24) is 0 Å². The van der Waals surface area contributed by atoms with Crippen LogP contribution in [0.25, 0.3) is 0 Å². The molecule has 0 aliphatic rings. The number of benzene rings is 1. The van der Waals surface area contributed by atoms with Crippen molar-refractivity contribution in [2.24, 2.45) is 5.41 Å². The van der Waals surface area contributed by atoms with E-state index < -0.39 is 11.4 Å². The van der Waals surface area contributed by atoms with Gasteiger partial charge >= 0.3 is 5.97 Å². The van der Waals surface area contributed by atoms with Crippen molar-refractivity contribution in [3.63, 3.8) is 0 Å². The van der Waals surface area contributed by atoms with Crippen LogP contribution in [-0.4, -0.2) is 24.0 Å². The lowest BCUT2D eigenvalue weighted by Gasteiger charge is -2.21. The molecule has 5 heteroatoms. The number of carbonyl (C=O) groups is 2. The van der Waals surface area contributed by atoms with E-state index in [-0.39, 0.29) is 12.2 Å². The second-order valence-corrected chi connectivity index (χ2v) is 5.49. The highest BCUT2D eigenvalue weighted by Gasteiger charge is 2.31. The van der Waals surface area contributed by atoms with Crippen molar-refractivity contribution in [2.45, 2.75) is 20.3 Å². The number of hydrogen-bond acceptors (Lipinski definition) is 3. The Morgan fingerprint density at radius 2 is 2.00 bits per heavy atom. The van der Waals surface area contributed by atoms with Gasteiger partial charge in [0.1, 0.15) is 5.75 Å². The van der Waals surface area contributed by atoms with Gasteiger partial charge in [-0.2, -0.15) is 0 Å². The van der Waals surface area contributed by atoms with Crippen LogP contribution in [0.15, 0.2) is 22.7 Å². The molecule has 4 nitrogen and oxygen atoms in total. The van der Waals surface area contributed by atoms with E-state index in [9.17, 15) is 9.59 Å². The van der Waals surface area contributed by atoms with Gasteiger partial charge in [-0.25, -0.2) is 0 Å². The summed E-state index contributed by atoms with van der Waals surface area (Å²) >= 11 is 3.30. The Labute approximate surface area is 114 Å². The van der Waals surface area contributed by atoms with Gasteiger partial charge in [0.05, 0.1) is 18.0 Å². The molecular formula is C13H15BrO4. The molecule has 0 aliphatic heterocycles. The Kier molecular flexibility index (Phi) is 4.51. The van der Waals surface area contributed by atoms with Gasteiger partial charge in [-0.15, -0.1) is 0 Å². The third kappa shape index (κ3) is 3.32. The minimum Gasteiger partial charge on any atom is -0.496 e. The van der Waals surface area contributed by atoms with Gasteiger partial charge < -0.3 is 9.84 Å². The average molecular weight is 315 g/mol. The Bertz CT molecular complexity index is 480. The summed E-state index contributed by atoms with van der Waals surface area (Å²) in [4.78, 5) is 23.0.